The van der Waals surface area contributed by atoms with Crippen LogP contribution in [0.3, 0.4) is 0 Å². The van der Waals surface area contributed by atoms with Gasteiger partial charge in [-0.3, -0.25) is 9.10 Å². The summed E-state index contributed by atoms with van der Waals surface area (Å²) in [4.78, 5) is 14.4. The lowest BCUT2D eigenvalue weighted by molar-refractivity contribution is -0.116. The maximum atomic E-state index is 13.3. The van der Waals surface area contributed by atoms with Gasteiger partial charge in [0, 0.05) is 22.8 Å². The van der Waals surface area contributed by atoms with Crippen molar-refractivity contribution in [1.29, 1.82) is 0 Å². The molecule has 0 saturated heterocycles. The second-order valence-electron chi connectivity index (χ2n) is 6.24. The Kier molecular flexibility index (Phi) is 6.47. The zero-order valence-corrected chi connectivity index (χ0v) is 17.8. The van der Waals surface area contributed by atoms with E-state index < -0.39 is 22.5 Å². The SMILES string of the molecule is CN(C(=O)CN(c1cc(Cl)cc(Cl)c1)S(=O)(=O)c1ccccc1)c1ccccc1. The van der Waals surface area contributed by atoms with Crippen LogP contribution >= 0.6 is 23.2 Å². The molecule has 0 N–H and O–H groups in total. The van der Waals surface area contributed by atoms with Gasteiger partial charge in [0.05, 0.1) is 10.6 Å². The molecule has 0 spiro atoms. The van der Waals surface area contributed by atoms with E-state index in [4.69, 9.17) is 23.2 Å². The van der Waals surface area contributed by atoms with Crippen LogP contribution in [0.2, 0.25) is 10.0 Å². The van der Waals surface area contributed by atoms with Crippen molar-refractivity contribution in [3.63, 3.8) is 0 Å². The molecule has 0 aliphatic heterocycles. The molecule has 0 radical (unpaired) electrons. The first kappa shape index (κ1) is 21.2. The zero-order valence-electron chi connectivity index (χ0n) is 15.5. The zero-order chi connectivity index (χ0) is 21.0. The molecule has 0 saturated carbocycles. The summed E-state index contributed by atoms with van der Waals surface area (Å²) in [7, 11) is -2.44. The molecule has 1 amide bonds. The van der Waals surface area contributed by atoms with Gasteiger partial charge in [-0.05, 0) is 42.5 Å². The van der Waals surface area contributed by atoms with Crippen LogP contribution in [0.25, 0.3) is 0 Å². The number of carbonyl (C=O) groups excluding carboxylic acids is 1. The first-order valence-electron chi connectivity index (χ1n) is 8.64. The van der Waals surface area contributed by atoms with Crippen molar-refractivity contribution in [2.75, 3.05) is 22.8 Å². The predicted octanol–water partition coefficient (Wildman–Crippen LogP) is 4.85. The highest BCUT2D eigenvalue weighted by Crippen LogP contribution is 2.30. The normalized spacial score (nSPS) is 11.1. The molecule has 3 aromatic rings. The summed E-state index contributed by atoms with van der Waals surface area (Å²) in [6.07, 6.45) is 0. The number of halogens is 2. The Morgan fingerprint density at radius 2 is 1.34 bits per heavy atom. The molecule has 3 aromatic carbocycles. The average Bonchev–Trinajstić information content (AvgIpc) is 2.71. The quantitative estimate of drug-likeness (QED) is 0.541. The highest BCUT2D eigenvalue weighted by atomic mass is 35.5. The van der Waals surface area contributed by atoms with Gasteiger partial charge in [-0.2, -0.15) is 0 Å². The van der Waals surface area contributed by atoms with Gasteiger partial charge < -0.3 is 4.90 Å². The lowest BCUT2D eigenvalue weighted by Gasteiger charge is -2.27. The Balaban J connectivity index is 2.02. The van der Waals surface area contributed by atoms with Crippen LogP contribution in [0.1, 0.15) is 0 Å². The number of likely N-dealkylation sites (N-methyl/N-ethyl adjacent to an activating group) is 1. The second-order valence-corrected chi connectivity index (χ2v) is 8.98. The monoisotopic (exact) mass is 448 g/mol. The molecule has 5 nitrogen and oxygen atoms in total. The number of nitrogens with zero attached hydrogens (tertiary/aromatic N) is 2. The minimum atomic E-state index is -4.03. The summed E-state index contributed by atoms with van der Waals surface area (Å²) in [5.74, 6) is -0.410. The Labute approximate surface area is 180 Å². The minimum absolute atomic E-state index is 0.0614. The number of hydrogen-bond acceptors (Lipinski definition) is 3. The lowest BCUT2D eigenvalue weighted by Crippen LogP contribution is -2.41. The van der Waals surface area contributed by atoms with Crippen LogP contribution < -0.4 is 9.21 Å². The van der Waals surface area contributed by atoms with E-state index in [1.807, 2.05) is 6.07 Å². The van der Waals surface area contributed by atoms with E-state index in [1.54, 1.807) is 49.5 Å². The fourth-order valence-corrected chi connectivity index (χ4v) is 4.68. The third-order valence-electron chi connectivity index (χ3n) is 4.26. The Morgan fingerprint density at radius 1 is 0.828 bits per heavy atom. The lowest BCUT2D eigenvalue weighted by atomic mass is 10.3. The second kappa shape index (κ2) is 8.86. The smallest absolute Gasteiger partial charge is 0.264 e. The van der Waals surface area contributed by atoms with E-state index in [0.29, 0.717) is 5.69 Å². The molecule has 8 heteroatoms. The number of amides is 1. The molecule has 0 fully saturated rings. The Hall–Kier alpha value is -2.54. The highest BCUT2D eigenvalue weighted by Gasteiger charge is 2.29. The molecule has 0 heterocycles. The molecule has 0 aliphatic carbocycles. The topological polar surface area (TPSA) is 57.7 Å². The summed E-state index contributed by atoms with van der Waals surface area (Å²) in [5.41, 5.74) is 0.861. The molecule has 0 bridgehead atoms. The van der Waals surface area contributed by atoms with Crippen LogP contribution in [-0.4, -0.2) is 27.9 Å². The van der Waals surface area contributed by atoms with Crippen molar-refractivity contribution >= 4 is 50.5 Å². The maximum absolute atomic E-state index is 13.3. The predicted molar refractivity (Wildman–Crippen MR) is 117 cm³/mol. The fraction of sp³-hybridized carbons (Fsp3) is 0.0952. The summed E-state index contributed by atoms with van der Waals surface area (Å²) in [6.45, 7) is -0.417. The summed E-state index contributed by atoms with van der Waals surface area (Å²) in [6, 6.07) is 21.3. The first-order chi connectivity index (χ1) is 13.8. The fourth-order valence-electron chi connectivity index (χ4n) is 2.74. The number of rotatable bonds is 6. The van der Waals surface area contributed by atoms with Crippen molar-refractivity contribution in [3.8, 4) is 0 Å². The summed E-state index contributed by atoms with van der Waals surface area (Å²) >= 11 is 12.2. The standard InChI is InChI=1S/C21H18Cl2N2O3S/c1-24(18-8-4-2-5-9-18)21(26)15-25(19-13-16(22)12-17(23)14-19)29(27,28)20-10-6-3-7-11-20/h2-14H,15H2,1H3. The molecule has 0 aliphatic rings. The van der Waals surface area contributed by atoms with E-state index in [-0.39, 0.29) is 20.6 Å². The van der Waals surface area contributed by atoms with Crippen LogP contribution in [-0.2, 0) is 14.8 Å². The number of carbonyl (C=O) groups is 1. The molecule has 3 rings (SSSR count). The molecule has 0 unspecified atom stereocenters. The van der Waals surface area contributed by atoms with Crippen LogP contribution in [0.5, 0.6) is 0 Å². The molecule has 0 atom stereocenters. The van der Waals surface area contributed by atoms with E-state index in [9.17, 15) is 13.2 Å². The highest BCUT2D eigenvalue weighted by molar-refractivity contribution is 7.92. The summed E-state index contributed by atoms with van der Waals surface area (Å²) in [5, 5.41) is 0.536. The molecule has 0 aromatic heterocycles. The number of sulfonamides is 1. The third kappa shape index (κ3) is 4.90. The number of para-hydroxylation sites is 1. The van der Waals surface area contributed by atoms with E-state index >= 15 is 0 Å². The summed E-state index contributed by atoms with van der Waals surface area (Å²) < 4.78 is 27.7. The first-order valence-corrected chi connectivity index (χ1v) is 10.8. The molecular weight excluding hydrogens is 431 g/mol. The van der Waals surface area contributed by atoms with Gasteiger partial charge in [-0.25, -0.2) is 8.42 Å². The van der Waals surface area contributed by atoms with Gasteiger partial charge in [-0.1, -0.05) is 59.6 Å². The van der Waals surface area contributed by atoms with E-state index in [1.165, 1.54) is 35.2 Å². The number of hydrogen-bond donors (Lipinski definition) is 0. The third-order valence-corrected chi connectivity index (χ3v) is 6.49. The molecule has 29 heavy (non-hydrogen) atoms. The van der Waals surface area contributed by atoms with Crippen molar-refractivity contribution in [3.05, 3.63) is 88.9 Å². The van der Waals surface area contributed by atoms with Crippen molar-refractivity contribution in [1.82, 2.24) is 0 Å². The van der Waals surface area contributed by atoms with Crippen LogP contribution in [0, 0.1) is 0 Å². The molecular formula is C21H18Cl2N2O3S. The number of anilines is 2. The average molecular weight is 449 g/mol. The molecule has 150 valence electrons. The van der Waals surface area contributed by atoms with Crippen LogP contribution in [0.4, 0.5) is 11.4 Å². The van der Waals surface area contributed by atoms with E-state index in [0.717, 1.165) is 4.31 Å². The number of benzene rings is 3. The van der Waals surface area contributed by atoms with Gasteiger partial charge in [0.25, 0.3) is 10.0 Å². The largest absolute Gasteiger partial charge is 0.314 e. The minimum Gasteiger partial charge on any atom is -0.314 e. The van der Waals surface area contributed by atoms with Gasteiger partial charge in [0.1, 0.15) is 6.54 Å². The Bertz CT molecular complexity index is 1090. The van der Waals surface area contributed by atoms with Gasteiger partial charge in [0.15, 0.2) is 0 Å². The van der Waals surface area contributed by atoms with Crippen molar-refractivity contribution in [2.45, 2.75) is 4.90 Å². The van der Waals surface area contributed by atoms with Gasteiger partial charge in [0.2, 0.25) is 5.91 Å². The van der Waals surface area contributed by atoms with Gasteiger partial charge >= 0.3 is 0 Å². The van der Waals surface area contributed by atoms with E-state index in [2.05, 4.69) is 0 Å². The maximum Gasteiger partial charge on any atom is 0.264 e. The van der Waals surface area contributed by atoms with Crippen LogP contribution in [0.15, 0.2) is 83.8 Å². The van der Waals surface area contributed by atoms with Crippen molar-refractivity contribution in [2.24, 2.45) is 0 Å². The Morgan fingerprint density at radius 3 is 1.90 bits per heavy atom. The van der Waals surface area contributed by atoms with Gasteiger partial charge in [-0.15, -0.1) is 0 Å². The van der Waals surface area contributed by atoms with Crippen molar-refractivity contribution < 1.29 is 13.2 Å².